The van der Waals surface area contributed by atoms with Gasteiger partial charge in [-0.25, -0.2) is 4.39 Å². The van der Waals surface area contributed by atoms with E-state index in [0.29, 0.717) is 37.9 Å². The highest BCUT2D eigenvalue weighted by atomic mass is 19.1. The van der Waals surface area contributed by atoms with E-state index in [2.05, 4.69) is 25.7 Å². The number of rotatable bonds is 5. The van der Waals surface area contributed by atoms with Crippen molar-refractivity contribution in [1.82, 2.24) is 4.90 Å². The predicted molar refractivity (Wildman–Crippen MR) is 110 cm³/mol. The van der Waals surface area contributed by atoms with Crippen LogP contribution in [-0.2, 0) is 4.74 Å². The monoisotopic (exact) mass is 409 g/mol. The largest absolute Gasteiger partial charge is 0.490 e. The zero-order chi connectivity index (χ0) is 21.1. The highest BCUT2D eigenvalue weighted by molar-refractivity contribution is 5.22. The van der Waals surface area contributed by atoms with Gasteiger partial charge in [0.15, 0.2) is 0 Å². The fraction of sp³-hybridized carbons (Fsp3) is 0.739. The summed E-state index contributed by atoms with van der Waals surface area (Å²) in [5, 5.41) is 22.2. The van der Waals surface area contributed by atoms with Crippen LogP contribution in [0.15, 0.2) is 24.3 Å². The first-order valence-electron chi connectivity index (χ1n) is 10.7. The molecule has 2 aliphatic rings. The summed E-state index contributed by atoms with van der Waals surface area (Å²) in [5.41, 5.74) is -1.66. The minimum absolute atomic E-state index is 0.0114. The average Bonchev–Trinajstić information content (AvgIpc) is 2.81. The average molecular weight is 410 g/mol. The number of ether oxygens (including phenoxy) is 2. The molecule has 6 heteroatoms. The summed E-state index contributed by atoms with van der Waals surface area (Å²) >= 11 is 0. The second kappa shape index (κ2) is 8.88. The minimum atomic E-state index is -1.21. The van der Waals surface area contributed by atoms with Gasteiger partial charge in [0, 0.05) is 25.7 Å². The molecule has 164 valence electrons. The topological polar surface area (TPSA) is 62.2 Å². The van der Waals surface area contributed by atoms with Crippen LogP contribution in [-0.4, -0.2) is 65.8 Å². The first-order valence-corrected chi connectivity index (χ1v) is 10.7. The molecule has 1 saturated heterocycles. The van der Waals surface area contributed by atoms with Gasteiger partial charge >= 0.3 is 0 Å². The number of hydrogen-bond acceptors (Lipinski definition) is 5. The molecule has 2 fully saturated rings. The fourth-order valence-electron chi connectivity index (χ4n) is 4.59. The summed E-state index contributed by atoms with van der Waals surface area (Å²) in [6, 6.07) is 5.90. The maximum atomic E-state index is 13.4. The molecule has 2 N–H and O–H groups in total. The molecular formula is C23H36FNO4. The number of aliphatic hydroxyl groups is 2. The highest BCUT2D eigenvalue weighted by Gasteiger charge is 2.41. The van der Waals surface area contributed by atoms with E-state index in [9.17, 15) is 14.6 Å². The van der Waals surface area contributed by atoms with Crippen molar-refractivity contribution in [3.63, 3.8) is 0 Å². The zero-order valence-electron chi connectivity index (χ0n) is 18.0. The lowest BCUT2D eigenvalue weighted by Crippen LogP contribution is -2.53. The number of hydrogen-bond donors (Lipinski definition) is 2. The summed E-state index contributed by atoms with van der Waals surface area (Å²) in [5.74, 6) is 0.640. The Balaban J connectivity index is 1.57. The number of β-amino-alcohol motifs (C(OH)–C–C–N with tert-alkyl or cyclic N) is 2. The first kappa shape index (κ1) is 22.5. The van der Waals surface area contributed by atoms with Crippen LogP contribution in [0.5, 0.6) is 5.75 Å². The van der Waals surface area contributed by atoms with Crippen LogP contribution in [0.4, 0.5) is 4.39 Å². The van der Waals surface area contributed by atoms with Gasteiger partial charge in [0.2, 0.25) is 0 Å². The van der Waals surface area contributed by atoms with Gasteiger partial charge in [0.05, 0.1) is 18.8 Å². The third kappa shape index (κ3) is 6.38. The van der Waals surface area contributed by atoms with Crippen molar-refractivity contribution in [2.45, 2.75) is 57.7 Å². The van der Waals surface area contributed by atoms with Crippen LogP contribution in [0.2, 0.25) is 0 Å². The van der Waals surface area contributed by atoms with Crippen LogP contribution >= 0.6 is 0 Å². The molecule has 3 rings (SSSR count). The lowest BCUT2D eigenvalue weighted by atomic mass is 9.68. The number of nitrogens with zero attached hydrogens (tertiary/aromatic N) is 1. The summed E-state index contributed by atoms with van der Waals surface area (Å²) in [6.45, 7) is 9.02. The smallest absolute Gasteiger partial charge is 0.134 e. The maximum Gasteiger partial charge on any atom is 0.134 e. The van der Waals surface area contributed by atoms with Crippen molar-refractivity contribution >= 4 is 0 Å². The van der Waals surface area contributed by atoms with E-state index in [1.165, 1.54) is 12.1 Å². The molecule has 29 heavy (non-hydrogen) atoms. The number of halogens is 1. The van der Waals surface area contributed by atoms with Crippen LogP contribution in [0.25, 0.3) is 0 Å². The van der Waals surface area contributed by atoms with Crippen molar-refractivity contribution in [2.75, 3.05) is 39.5 Å². The Labute approximate surface area is 173 Å². The number of benzene rings is 1. The lowest BCUT2D eigenvalue weighted by molar-refractivity contribution is -0.0808. The van der Waals surface area contributed by atoms with Crippen LogP contribution in [0, 0.1) is 17.2 Å². The van der Waals surface area contributed by atoms with E-state index in [1.54, 1.807) is 12.1 Å². The van der Waals surface area contributed by atoms with Crippen molar-refractivity contribution < 1.29 is 24.1 Å². The van der Waals surface area contributed by atoms with Crippen molar-refractivity contribution in [2.24, 2.45) is 11.3 Å². The zero-order valence-corrected chi connectivity index (χ0v) is 18.0. The summed E-state index contributed by atoms with van der Waals surface area (Å²) in [7, 11) is 0. The molecule has 1 aliphatic heterocycles. The molecule has 1 aliphatic carbocycles. The SMILES string of the molecule is CC(C)(C)C1CCC(O)(CN2CCOC[C@@](O)(COc3cccc(F)c3)C2)CC1. The van der Waals surface area contributed by atoms with Crippen molar-refractivity contribution in [1.29, 1.82) is 0 Å². The first-order chi connectivity index (χ1) is 13.6. The Morgan fingerprint density at radius 2 is 1.93 bits per heavy atom. The minimum Gasteiger partial charge on any atom is -0.490 e. The van der Waals surface area contributed by atoms with Gasteiger partial charge in [-0.15, -0.1) is 0 Å². The van der Waals surface area contributed by atoms with Gasteiger partial charge in [-0.2, -0.15) is 0 Å². The van der Waals surface area contributed by atoms with E-state index in [-0.39, 0.29) is 24.4 Å². The molecule has 0 bridgehead atoms. The van der Waals surface area contributed by atoms with E-state index in [0.717, 1.165) is 25.7 Å². The molecule has 0 aromatic heterocycles. The Morgan fingerprint density at radius 3 is 2.59 bits per heavy atom. The van der Waals surface area contributed by atoms with Crippen LogP contribution in [0.3, 0.4) is 0 Å². The standard InChI is InChI=1S/C23H36FNO4/c1-21(2,3)18-7-9-22(26,10-8-18)14-25-11-12-28-16-23(27,15-25)17-29-20-6-4-5-19(24)13-20/h4-6,13,18,26-27H,7-12,14-17H2,1-3H3/t18?,22?,23-/m1/s1. The second-order valence-corrected chi connectivity index (χ2v) is 10.1. The third-order valence-corrected chi connectivity index (χ3v) is 6.40. The predicted octanol–water partition coefficient (Wildman–Crippen LogP) is 3.24. The van der Waals surface area contributed by atoms with E-state index < -0.39 is 11.2 Å². The molecule has 0 amide bonds. The lowest BCUT2D eigenvalue weighted by Gasteiger charge is -2.43. The second-order valence-electron chi connectivity index (χ2n) is 10.1. The van der Waals surface area contributed by atoms with E-state index in [4.69, 9.17) is 9.47 Å². The quantitative estimate of drug-likeness (QED) is 0.782. The molecule has 0 unspecified atom stereocenters. The third-order valence-electron chi connectivity index (χ3n) is 6.40. The normalized spacial score (nSPS) is 32.0. The van der Waals surface area contributed by atoms with Gasteiger partial charge in [-0.3, -0.25) is 4.90 Å². The van der Waals surface area contributed by atoms with Gasteiger partial charge in [-0.1, -0.05) is 26.8 Å². The Kier molecular flexibility index (Phi) is 6.88. The summed E-state index contributed by atoms with van der Waals surface area (Å²) < 4.78 is 24.6. The molecule has 1 atom stereocenters. The summed E-state index contributed by atoms with van der Waals surface area (Å²) in [6.07, 6.45) is 3.61. The van der Waals surface area contributed by atoms with Gasteiger partial charge in [-0.05, 0) is 49.1 Å². The molecule has 5 nitrogen and oxygen atoms in total. The molecule has 0 radical (unpaired) electrons. The Morgan fingerprint density at radius 1 is 1.21 bits per heavy atom. The Bertz CT molecular complexity index is 669. The fourth-order valence-corrected chi connectivity index (χ4v) is 4.59. The van der Waals surface area contributed by atoms with Crippen molar-refractivity contribution in [3.8, 4) is 5.75 Å². The van der Waals surface area contributed by atoms with Gasteiger partial charge in [0.1, 0.15) is 23.8 Å². The van der Waals surface area contributed by atoms with E-state index in [1.807, 2.05) is 0 Å². The molecule has 0 spiro atoms. The molecular weight excluding hydrogens is 373 g/mol. The highest BCUT2D eigenvalue weighted by Crippen LogP contribution is 2.41. The molecule has 1 heterocycles. The van der Waals surface area contributed by atoms with Crippen LogP contribution < -0.4 is 4.74 Å². The summed E-state index contributed by atoms with van der Waals surface area (Å²) in [4.78, 5) is 2.08. The molecule has 1 aromatic rings. The van der Waals surface area contributed by atoms with Crippen LogP contribution in [0.1, 0.15) is 46.5 Å². The molecule has 1 saturated carbocycles. The van der Waals surface area contributed by atoms with Gasteiger partial charge in [0.25, 0.3) is 0 Å². The van der Waals surface area contributed by atoms with E-state index >= 15 is 0 Å². The van der Waals surface area contributed by atoms with Gasteiger partial charge < -0.3 is 19.7 Å². The molecule has 1 aromatic carbocycles. The van der Waals surface area contributed by atoms with Crippen molar-refractivity contribution in [3.05, 3.63) is 30.1 Å². The Hall–Kier alpha value is -1.21. The maximum absolute atomic E-state index is 13.4.